The summed E-state index contributed by atoms with van der Waals surface area (Å²) in [6, 6.07) is 6.06. The van der Waals surface area contributed by atoms with Crippen molar-refractivity contribution in [1.82, 2.24) is 9.97 Å². The van der Waals surface area contributed by atoms with E-state index in [0.29, 0.717) is 5.16 Å². The number of imidazole rings is 1. The minimum atomic E-state index is -0.887. The minimum Gasteiger partial charge on any atom is -0.480 e. The van der Waals surface area contributed by atoms with E-state index in [1.54, 1.807) is 13.8 Å². The Hall–Kier alpha value is -1.49. The number of fused-ring (bicyclic) bond motifs is 1. The van der Waals surface area contributed by atoms with E-state index in [4.69, 9.17) is 5.11 Å². The fraction of sp³-hybridized carbons (Fsp3) is 0.385. The van der Waals surface area contributed by atoms with Crippen LogP contribution in [0.4, 0.5) is 0 Å². The van der Waals surface area contributed by atoms with Gasteiger partial charge in [-0.1, -0.05) is 24.8 Å². The van der Waals surface area contributed by atoms with Gasteiger partial charge in [0.1, 0.15) is 4.75 Å². The minimum absolute atomic E-state index is 0.644. The lowest BCUT2D eigenvalue weighted by molar-refractivity contribution is -0.138. The molecule has 1 aromatic carbocycles. The fourth-order valence-corrected chi connectivity index (χ4v) is 2.46. The normalized spacial score (nSPS) is 11.9. The molecule has 0 amide bonds. The van der Waals surface area contributed by atoms with Gasteiger partial charge < -0.3 is 10.1 Å². The molecule has 1 aromatic heterocycles. The molecular formula is C13H16N2O2S. The van der Waals surface area contributed by atoms with Gasteiger partial charge in [0.2, 0.25) is 0 Å². The Morgan fingerprint density at radius 3 is 2.83 bits per heavy atom. The highest BCUT2D eigenvalue weighted by Gasteiger charge is 2.29. The first-order valence-electron chi connectivity index (χ1n) is 5.83. The van der Waals surface area contributed by atoms with Gasteiger partial charge in [-0.25, -0.2) is 4.98 Å². The summed E-state index contributed by atoms with van der Waals surface area (Å²) in [6.45, 7) is 5.44. The number of rotatable bonds is 4. The van der Waals surface area contributed by atoms with Crippen LogP contribution in [-0.4, -0.2) is 25.8 Å². The third-order valence-electron chi connectivity index (χ3n) is 2.80. The van der Waals surface area contributed by atoms with Gasteiger partial charge in [0.25, 0.3) is 0 Å². The third-order valence-corrected chi connectivity index (χ3v) is 3.87. The SMILES string of the molecule is CCc1ccc2nc(SC(C)(C)C(=O)O)[nH]c2c1. The molecule has 0 radical (unpaired) electrons. The van der Waals surface area contributed by atoms with Gasteiger partial charge in [-0.15, -0.1) is 0 Å². The molecular weight excluding hydrogens is 248 g/mol. The highest BCUT2D eigenvalue weighted by atomic mass is 32.2. The summed E-state index contributed by atoms with van der Waals surface area (Å²) < 4.78 is -0.887. The number of aliphatic carboxylic acids is 1. The molecule has 0 unspecified atom stereocenters. The highest BCUT2D eigenvalue weighted by Crippen LogP contribution is 2.32. The van der Waals surface area contributed by atoms with E-state index in [0.717, 1.165) is 17.5 Å². The van der Waals surface area contributed by atoms with Gasteiger partial charge >= 0.3 is 5.97 Å². The summed E-state index contributed by atoms with van der Waals surface area (Å²) in [5.41, 5.74) is 3.06. The van der Waals surface area contributed by atoms with Gasteiger partial charge in [0, 0.05) is 0 Å². The summed E-state index contributed by atoms with van der Waals surface area (Å²) in [6.07, 6.45) is 0.970. The van der Waals surface area contributed by atoms with E-state index in [2.05, 4.69) is 23.0 Å². The molecule has 96 valence electrons. The number of aromatic amines is 1. The monoisotopic (exact) mass is 264 g/mol. The fourth-order valence-electron chi connectivity index (χ4n) is 1.59. The number of hydrogen-bond acceptors (Lipinski definition) is 3. The maximum absolute atomic E-state index is 11.1. The number of aromatic nitrogens is 2. The summed E-state index contributed by atoms with van der Waals surface area (Å²) in [4.78, 5) is 18.6. The highest BCUT2D eigenvalue weighted by molar-refractivity contribution is 8.01. The van der Waals surface area contributed by atoms with Crippen LogP contribution in [0.2, 0.25) is 0 Å². The van der Waals surface area contributed by atoms with Crippen molar-refractivity contribution in [2.24, 2.45) is 0 Å². The number of carboxylic acids is 1. The smallest absolute Gasteiger partial charge is 0.319 e. The van der Waals surface area contributed by atoms with Crippen LogP contribution in [0, 0.1) is 0 Å². The van der Waals surface area contributed by atoms with E-state index in [9.17, 15) is 4.79 Å². The molecule has 0 bridgehead atoms. The Bertz CT molecular complexity index is 590. The van der Waals surface area contributed by atoms with Crippen LogP contribution in [0.5, 0.6) is 0 Å². The van der Waals surface area contributed by atoms with Crippen LogP contribution in [0.1, 0.15) is 26.3 Å². The number of aryl methyl sites for hydroxylation is 1. The largest absolute Gasteiger partial charge is 0.480 e. The van der Waals surface area contributed by atoms with Crippen LogP contribution in [0.15, 0.2) is 23.4 Å². The number of H-pyrrole nitrogens is 1. The van der Waals surface area contributed by atoms with Crippen molar-refractivity contribution in [3.63, 3.8) is 0 Å². The van der Waals surface area contributed by atoms with Crippen LogP contribution in [-0.2, 0) is 11.2 Å². The number of benzene rings is 1. The van der Waals surface area contributed by atoms with Crippen LogP contribution in [0.25, 0.3) is 11.0 Å². The van der Waals surface area contributed by atoms with Gasteiger partial charge in [-0.2, -0.15) is 0 Å². The van der Waals surface area contributed by atoms with E-state index in [1.165, 1.54) is 17.3 Å². The van der Waals surface area contributed by atoms with E-state index < -0.39 is 10.7 Å². The average molecular weight is 264 g/mol. The molecule has 2 rings (SSSR count). The zero-order valence-electron chi connectivity index (χ0n) is 10.7. The van der Waals surface area contributed by atoms with Crippen molar-refractivity contribution in [3.8, 4) is 0 Å². The second kappa shape index (κ2) is 4.65. The molecule has 0 fully saturated rings. The molecule has 2 aromatic rings. The predicted octanol–water partition coefficient (Wildman–Crippen LogP) is 3.08. The molecule has 0 saturated heterocycles. The summed E-state index contributed by atoms with van der Waals surface area (Å²) >= 11 is 1.23. The Morgan fingerprint density at radius 2 is 2.22 bits per heavy atom. The predicted molar refractivity (Wildman–Crippen MR) is 73.0 cm³/mol. The number of thioether (sulfide) groups is 1. The number of nitrogens with one attached hydrogen (secondary N) is 1. The van der Waals surface area contributed by atoms with Gasteiger partial charge in [0.05, 0.1) is 11.0 Å². The summed E-state index contributed by atoms with van der Waals surface area (Å²) in [5.74, 6) is -0.845. The third kappa shape index (κ3) is 2.51. The standard InChI is InChI=1S/C13H16N2O2S/c1-4-8-5-6-9-10(7-8)15-12(14-9)18-13(2,3)11(16)17/h5-7H,4H2,1-3H3,(H,14,15)(H,16,17). The average Bonchev–Trinajstić information content (AvgIpc) is 2.68. The van der Waals surface area contributed by atoms with Crippen molar-refractivity contribution in [3.05, 3.63) is 23.8 Å². The first kappa shape index (κ1) is 13.0. The summed E-state index contributed by atoms with van der Waals surface area (Å²) in [7, 11) is 0. The van der Waals surface area contributed by atoms with Crippen molar-refractivity contribution < 1.29 is 9.90 Å². The van der Waals surface area contributed by atoms with Gasteiger partial charge in [-0.05, 0) is 38.0 Å². The lowest BCUT2D eigenvalue weighted by Gasteiger charge is -2.15. The second-order valence-corrected chi connectivity index (χ2v) is 6.28. The Labute approximate surface area is 110 Å². The molecule has 0 atom stereocenters. The molecule has 0 saturated carbocycles. The Kier molecular flexibility index (Phi) is 3.34. The molecule has 0 spiro atoms. The van der Waals surface area contributed by atoms with Crippen LogP contribution in [0.3, 0.4) is 0 Å². The zero-order chi connectivity index (χ0) is 13.3. The number of nitrogens with zero attached hydrogens (tertiary/aromatic N) is 1. The van der Waals surface area contributed by atoms with Crippen LogP contribution < -0.4 is 0 Å². The van der Waals surface area contributed by atoms with Crippen molar-refractivity contribution in [1.29, 1.82) is 0 Å². The number of carbonyl (C=O) groups is 1. The maximum Gasteiger partial charge on any atom is 0.319 e. The van der Waals surface area contributed by atoms with E-state index in [1.807, 2.05) is 12.1 Å². The van der Waals surface area contributed by atoms with Gasteiger partial charge in [0.15, 0.2) is 5.16 Å². The molecule has 4 nitrogen and oxygen atoms in total. The first-order valence-corrected chi connectivity index (χ1v) is 6.65. The molecule has 1 heterocycles. The number of carboxylic acid groups (broad SMARTS) is 1. The first-order chi connectivity index (χ1) is 8.42. The van der Waals surface area contributed by atoms with E-state index in [-0.39, 0.29) is 0 Å². The second-order valence-electron chi connectivity index (χ2n) is 4.66. The molecule has 0 aliphatic carbocycles. The molecule has 2 N–H and O–H groups in total. The zero-order valence-corrected chi connectivity index (χ0v) is 11.5. The van der Waals surface area contributed by atoms with Gasteiger partial charge in [-0.3, -0.25) is 4.79 Å². The van der Waals surface area contributed by atoms with Crippen molar-refractivity contribution in [2.75, 3.05) is 0 Å². The molecule has 5 heteroatoms. The topological polar surface area (TPSA) is 66.0 Å². The molecule has 0 aliphatic heterocycles. The quantitative estimate of drug-likeness (QED) is 0.833. The lowest BCUT2D eigenvalue weighted by atomic mass is 10.1. The van der Waals surface area contributed by atoms with Crippen molar-refractivity contribution >= 4 is 28.8 Å². The Morgan fingerprint density at radius 1 is 1.50 bits per heavy atom. The number of hydrogen-bond donors (Lipinski definition) is 2. The molecule has 0 aliphatic rings. The summed E-state index contributed by atoms with van der Waals surface area (Å²) in [5, 5.41) is 9.74. The van der Waals surface area contributed by atoms with Crippen molar-refractivity contribution in [2.45, 2.75) is 37.1 Å². The molecule has 18 heavy (non-hydrogen) atoms. The Balaban J connectivity index is 2.33. The van der Waals surface area contributed by atoms with Crippen LogP contribution >= 0.6 is 11.8 Å². The van der Waals surface area contributed by atoms with E-state index >= 15 is 0 Å². The lowest BCUT2D eigenvalue weighted by Crippen LogP contribution is -2.27. The maximum atomic E-state index is 11.1.